The molecule has 0 aliphatic carbocycles. The summed E-state index contributed by atoms with van der Waals surface area (Å²) in [5.74, 6) is 0. The zero-order valence-electron chi connectivity index (χ0n) is 13.6. The number of ether oxygens (including phenoxy) is 4. The van der Waals surface area contributed by atoms with E-state index >= 15 is 0 Å². The van der Waals surface area contributed by atoms with Crippen molar-refractivity contribution in [3.8, 4) is 0 Å². The van der Waals surface area contributed by atoms with E-state index in [9.17, 15) is 5.11 Å². The maximum absolute atomic E-state index is 10.2. The van der Waals surface area contributed by atoms with Gasteiger partial charge in [-0.15, -0.1) is 0 Å². The van der Waals surface area contributed by atoms with Gasteiger partial charge < -0.3 is 24.1 Å². The van der Waals surface area contributed by atoms with Crippen LogP contribution in [0.1, 0.15) is 31.7 Å². The quantitative estimate of drug-likeness (QED) is 0.448. The van der Waals surface area contributed by atoms with Crippen molar-refractivity contribution in [1.82, 2.24) is 0 Å². The van der Waals surface area contributed by atoms with Gasteiger partial charge in [-0.2, -0.15) is 0 Å². The molecule has 0 fully saturated rings. The average Bonchev–Trinajstić information content (AvgIpc) is 2.52. The lowest BCUT2D eigenvalue weighted by molar-refractivity contribution is -0.0726. The summed E-state index contributed by atoms with van der Waals surface area (Å²) in [6, 6.07) is 9.98. The summed E-state index contributed by atoms with van der Waals surface area (Å²) >= 11 is 0. The predicted molar refractivity (Wildman–Crippen MR) is 84.4 cm³/mol. The van der Waals surface area contributed by atoms with Crippen LogP contribution in [0.2, 0.25) is 0 Å². The molecule has 1 atom stereocenters. The summed E-state index contributed by atoms with van der Waals surface area (Å²) in [5, 5.41) is 10.2. The first-order valence-corrected chi connectivity index (χ1v) is 7.62. The molecular weight excluding hydrogens is 284 g/mol. The molecule has 0 amide bonds. The van der Waals surface area contributed by atoms with Gasteiger partial charge >= 0.3 is 0 Å². The third kappa shape index (κ3) is 9.87. The van der Waals surface area contributed by atoms with Crippen molar-refractivity contribution in [3.05, 3.63) is 35.9 Å². The second-order valence-corrected chi connectivity index (χ2v) is 5.53. The Morgan fingerprint density at radius 1 is 0.955 bits per heavy atom. The second kappa shape index (κ2) is 11.6. The zero-order chi connectivity index (χ0) is 16.1. The molecule has 0 saturated heterocycles. The minimum absolute atomic E-state index is 0.262. The highest BCUT2D eigenvalue weighted by atomic mass is 16.7. The monoisotopic (exact) mass is 312 g/mol. The van der Waals surface area contributed by atoms with Crippen molar-refractivity contribution in [2.45, 2.75) is 38.4 Å². The highest BCUT2D eigenvalue weighted by Gasteiger charge is 2.19. The lowest BCUT2D eigenvalue weighted by Crippen LogP contribution is -2.26. The van der Waals surface area contributed by atoms with Crippen LogP contribution in [-0.2, 0) is 25.6 Å². The number of hydrogen-bond acceptors (Lipinski definition) is 5. The highest BCUT2D eigenvalue weighted by molar-refractivity contribution is 5.13. The molecular formula is C17H28O5. The fourth-order valence-corrected chi connectivity index (χ4v) is 1.97. The molecule has 1 N–H and O–H groups in total. The summed E-state index contributed by atoms with van der Waals surface area (Å²) in [4.78, 5) is 0. The predicted octanol–water partition coefficient (Wildman–Crippen LogP) is 2.72. The normalized spacial score (nSPS) is 14.0. The van der Waals surface area contributed by atoms with E-state index in [0.717, 1.165) is 12.0 Å². The van der Waals surface area contributed by atoms with Crippen LogP contribution < -0.4 is 0 Å². The van der Waals surface area contributed by atoms with E-state index in [1.807, 2.05) is 37.3 Å². The van der Waals surface area contributed by atoms with Crippen LogP contribution in [0.3, 0.4) is 0 Å². The molecule has 0 spiro atoms. The van der Waals surface area contributed by atoms with Gasteiger partial charge in [-0.25, -0.2) is 0 Å². The van der Waals surface area contributed by atoms with Gasteiger partial charge in [0.2, 0.25) is 0 Å². The van der Waals surface area contributed by atoms with Gasteiger partial charge in [0.1, 0.15) is 13.6 Å². The SMILES string of the molecule is COCOCC[C@](C)(O)CCCOCOCc1ccccc1. The van der Waals surface area contributed by atoms with Crippen molar-refractivity contribution < 1.29 is 24.1 Å². The Hall–Kier alpha value is -0.980. The van der Waals surface area contributed by atoms with Crippen LogP contribution in [0.4, 0.5) is 0 Å². The Bertz CT molecular complexity index is 367. The first-order chi connectivity index (χ1) is 10.6. The van der Waals surface area contributed by atoms with E-state index < -0.39 is 5.60 Å². The molecule has 22 heavy (non-hydrogen) atoms. The largest absolute Gasteiger partial charge is 0.390 e. The molecule has 0 aromatic heterocycles. The molecule has 5 heteroatoms. The Morgan fingerprint density at radius 2 is 1.68 bits per heavy atom. The van der Waals surface area contributed by atoms with Crippen LogP contribution >= 0.6 is 0 Å². The lowest BCUT2D eigenvalue weighted by atomic mass is 9.97. The van der Waals surface area contributed by atoms with Gasteiger partial charge in [-0.3, -0.25) is 0 Å². The molecule has 0 unspecified atom stereocenters. The first kappa shape index (κ1) is 19.1. The van der Waals surface area contributed by atoms with Crippen LogP contribution in [0.25, 0.3) is 0 Å². The van der Waals surface area contributed by atoms with Crippen molar-refractivity contribution in [2.75, 3.05) is 33.9 Å². The maximum Gasteiger partial charge on any atom is 0.147 e. The number of aliphatic hydroxyl groups is 1. The number of rotatable bonds is 13. The van der Waals surface area contributed by atoms with Crippen LogP contribution in [0.5, 0.6) is 0 Å². The lowest BCUT2D eigenvalue weighted by Gasteiger charge is -2.23. The summed E-state index contributed by atoms with van der Waals surface area (Å²) in [6.45, 7) is 3.96. The Labute approximate surface area is 133 Å². The molecule has 0 aliphatic rings. The van der Waals surface area contributed by atoms with Crippen LogP contribution in [-0.4, -0.2) is 44.6 Å². The van der Waals surface area contributed by atoms with E-state index in [4.69, 9.17) is 18.9 Å². The van der Waals surface area contributed by atoms with Crippen LogP contribution in [0.15, 0.2) is 30.3 Å². The van der Waals surface area contributed by atoms with Gasteiger partial charge in [0.25, 0.3) is 0 Å². The van der Waals surface area contributed by atoms with Gasteiger partial charge in [-0.1, -0.05) is 30.3 Å². The molecule has 0 heterocycles. The molecule has 126 valence electrons. The molecule has 1 rings (SSSR count). The van der Waals surface area contributed by atoms with Crippen molar-refractivity contribution >= 4 is 0 Å². The number of methoxy groups -OCH3 is 1. The van der Waals surface area contributed by atoms with E-state index in [0.29, 0.717) is 32.7 Å². The summed E-state index contributed by atoms with van der Waals surface area (Å²) in [5.41, 5.74) is 0.396. The van der Waals surface area contributed by atoms with Crippen LogP contribution in [0, 0.1) is 0 Å². The minimum Gasteiger partial charge on any atom is -0.390 e. The highest BCUT2D eigenvalue weighted by Crippen LogP contribution is 2.16. The van der Waals surface area contributed by atoms with E-state index in [2.05, 4.69) is 0 Å². The van der Waals surface area contributed by atoms with Gasteiger partial charge in [-0.05, 0) is 31.7 Å². The molecule has 0 aliphatic heterocycles. The topological polar surface area (TPSA) is 57.2 Å². The van der Waals surface area contributed by atoms with Gasteiger partial charge in [0.05, 0.1) is 18.8 Å². The molecule has 0 radical (unpaired) electrons. The van der Waals surface area contributed by atoms with E-state index in [1.54, 1.807) is 7.11 Å². The molecule has 0 saturated carbocycles. The fourth-order valence-electron chi connectivity index (χ4n) is 1.97. The van der Waals surface area contributed by atoms with E-state index in [1.165, 1.54) is 0 Å². The van der Waals surface area contributed by atoms with E-state index in [-0.39, 0.29) is 13.6 Å². The Morgan fingerprint density at radius 3 is 2.41 bits per heavy atom. The summed E-state index contributed by atoms with van der Waals surface area (Å²) in [6.07, 6.45) is 2.04. The van der Waals surface area contributed by atoms with Gasteiger partial charge in [0.15, 0.2) is 0 Å². The van der Waals surface area contributed by atoms with Crippen molar-refractivity contribution in [2.24, 2.45) is 0 Å². The Balaban J connectivity index is 1.95. The molecule has 0 bridgehead atoms. The summed E-state index contributed by atoms with van der Waals surface area (Å²) < 4.78 is 20.8. The van der Waals surface area contributed by atoms with Crippen molar-refractivity contribution in [1.29, 1.82) is 0 Å². The smallest absolute Gasteiger partial charge is 0.147 e. The van der Waals surface area contributed by atoms with Gasteiger partial charge in [0, 0.05) is 13.7 Å². The number of benzene rings is 1. The standard InChI is InChI=1S/C17H28O5/c1-17(18,10-12-21-14-19-2)9-6-11-20-15-22-13-16-7-4-3-5-8-16/h3-5,7-8,18H,6,9-15H2,1-2H3/t17-/m1/s1. The third-order valence-electron chi connectivity index (χ3n) is 3.27. The maximum atomic E-state index is 10.2. The fraction of sp³-hybridized carbons (Fsp3) is 0.647. The van der Waals surface area contributed by atoms with Crippen molar-refractivity contribution in [3.63, 3.8) is 0 Å². The minimum atomic E-state index is -0.734. The number of hydrogen-bond donors (Lipinski definition) is 1. The first-order valence-electron chi connectivity index (χ1n) is 7.62. The second-order valence-electron chi connectivity index (χ2n) is 5.53. The average molecular weight is 312 g/mol. The summed E-state index contributed by atoms with van der Waals surface area (Å²) in [7, 11) is 1.58. The third-order valence-corrected chi connectivity index (χ3v) is 3.27. The molecule has 1 aromatic carbocycles. The molecule has 1 aromatic rings. The Kier molecular flexibility index (Phi) is 10.0. The zero-order valence-corrected chi connectivity index (χ0v) is 13.6. The molecule has 5 nitrogen and oxygen atoms in total.